The maximum Gasteiger partial charge on any atom is 0.337 e. The molecule has 6 heteroatoms. The second kappa shape index (κ2) is 11.2. The predicted octanol–water partition coefficient (Wildman–Crippen LogP) is 3.77. The van der Waals surface area contributed by atoms with Crippen LogP contribution in [0.2, 0.25) is 0 Å². The zero-order valence-electron chi connectivity index (χ0n) is 17.4. The molecule has 29 heavy (non-hydrogen) atoms. The summed E-state index contributed by atoms with van der Waals surface area (Å²) in [4.78, 5) is 24.2. The smallest absolute Gasteiger partial charge is 0.337 e. The minimum Gasteiger partial charge on any atom is -0.491 e. The Morgan fingerprint density at radius 2 is 1.59 bits per heavy atom. The Bertz CT molecular complexity index is 774. The fourth-order valence-corrected chi connectivity index (χ4v) is 2.83. The van der Waals surface area contributed by atoms with Gasteiger partial charge in [-0.2, -0.15) is 0 Å². The third-order valence-electron chi connectivity index (χ3n) is 4.45. The number of esters is 1. The Kier molecular flexibility index (Phi) is 8.68. The van der Waals surface area contributed by atoms with E-state index in [4.69, 9.17) is 14.2 Å². The molecule has 0 aliphatic rings. The highest BCUT2D eigenvalue weighted by Crippen LogP contribution is 2.16. The van der Waals surface area contributed by atoms with Crippen molar-refractivity contribution in [3.63, 3.8) is 0 Å². The van der Waals surface area contributed by atoms with Crippen LogP contribution in [0.25, 0.3) is 0 Å². The molecule has 0 saturated heterocycles. The Morgan fingerprint density at radius 1 is 0.931 bits per heavy atom. The topological polar surface area (TPSA) is 73.9 Å². The summed E-state index contributed by atoms with van der Waals surface area (Å²) in [5.41, 5.74) is 1.36. The number of para-hydroxylation sites is 1. The van der Waals surface area contributed by atoms with Gasteiger partial charge in [-0.25, -0.2) is 4.79 Å². The molecule has 2 atom stereocenters. The molecular formula is C23H29NO5. The van der Waals surface area contributed by atoms with Crippen LogP contribution in [0.3, 0.4) is 0 Å². The molecule has 6 nitrogen and oxygen atoms in total. The molecule has 1 amide bonds. The minimum atomic E-state index is -0.578. The van der Waals surface area contributed by atoms with E-state index >= 15 is 0 Å². The van der Waals surface area contributed by atoms with Gasteiger partial charge in [-0.05, 0) is 42.7 Å². The van der Waals surface area contributed by atoms with Crippen LogP contribution in [-0.4, -0.2) is 38.3 Å². The van der Waals surface area contributed by atoms with E-state index in [2.05, 4.69) is 5.32 Å². The third kappa shape index (κ3) is 6.91. The monoisotopic (exact) mass is 399 g/mol. The lowest BCUT2D eigenvalue weighted by Gasteiger charge is -2.23. The van der Waals surface area contributed by atoms with Crippen LogP contribution in [0.1, 0.15) is 42.7 Å². The van der Waals surface area contributed by atoms with Crippen molar-refractivity contribution in [1.29, 1.82) is 0 Å². The zero-order valence-corrected chi connectivity index (χ0v) is 17.4. The van der Waals surface area contributed by atoms with Crippen molar-refractivity contribution in [1.82, 2.24) is 5.32 Å². The molecule has 2 aromatic carbocycles. The van der Waals surface area contributed by atoms with E-state index in [9.17, 15) is 9.59 Å². The number of benzene rings is 2. The molecule has 0 aromatic heterocycles. The van der Waals surface area contributed by atoms with Crippen LogP contribution in [-0.2, 0) is 14.3 Å². The zero-order chi connectivity index (χ0) is 21.2. The second-order valence-corrected chi connectivity index (χ2v) is 7.04. The highest BCUT2D eigenvalue weighted by atomic mass is 16.5. The van der Waals surface area contributed by atoms with Gasteiger partial charge < -0.3 is 19.5 Å². The van der Waals surface area contributed by atoms with Gasteiger partial charge in [0.25, 0.3) is 0 Å². The van der Waals surface area contributed by atoms with Gasteiger partial charge in [0.2, 0.25) is 5.91 Å². The molecule has 2 aromatic rings. The molecular weight excluding hydrogens is 370 g/mol. The van der Waals surface area contributed by atoms with Crippen molar-refractivity contribution in [3.05, 3.63) is 65.7 Å². The van der Waals surface area contributed by atoms with Crippen molar-refractivity contribution >= 4 is 11.9 Å². The minimum absolute atomic E-state index is 0.0145. The Balaban J connectivity index is 1.86. The molecule has 0 aliphatic heterocycles. The lowest BCUT2D eigenvalue weighted by Crippen LogP contribution is -2.41. The molecule has 0 spiro atoms. The SMILES string of the molecule is COC(=O)c1ccc(C(C)NC(=O)C(OCCOc2ccccc2)C(C)C)cc1. The number of ether oxygens (including phenoxy) is 3. The van der Waals surface area contributed by atoms with Crippen molar-refractivity contribution in [2.24, 2.45) is 5.92 Å². The molecule has 0 saturated carbocycles. The second-order valence-electron chi connectivity index (χ2n) is 7.04. The van der Waals surface area contributed by atoms with E-state index in [1.54, 1.807) is 24.3 Å². The number of hydrogen-bond donors (Lipinski definition) is 1. The summed E-state index contributed by atoms with van der Waals surface area (Å²) in [6.07, 6.45) is -0.578. The number of carbonyl (C=O) groups excluding carboxylic acids is 2. The Hall–Kier alpha value is -2.86. The van der Waals surface area contributed by atoms with Gasteiger partial charge in [0.15, 0.2) is 0 Å². The molecule has 0 radical (unpaired) electrons. The lowest BCUT2D eigenvalue weighted by atomic mass is 10.0. The van der Waals surface area contributed by atoms with Gasteiger partial charge in [0.05, 0.1) is 25.3 Å². The first kappa shape index (κ1) is 22.4. The van der Waals surface area contributed by atoms with Gasteiger partial charge in [-0.1, -0.05) is 44.2 Å². The van der Waals surface area contributed by atoms with E-state index < -0.39 is 6.10 Å². The first-order valence-corrected chi connectivity index (χ1v) is 9.70. The first-order chi connectivity index (χ1) is 13.9. The summed E-state index contributed by atoms with van der Waals surface area (Å²) in [6, 6.07) is 16.2. The standard InChI is InChI=1S/C23H29NO5/c1-16(2)21(29-15-14-28-20-8-6-5-7-9-20)22(25)24-17(3)18-10-12-19(13-11-18)23(26)27-4/h5-13,16-17,21H,14-15H2,1-4H3,(H,24,25). The van der Waals surface area contributed by atoms with Crippen LogP contribution >= 0.6 is 0 Å². The maximum atomic E-state index is 12.7. The number of carbonyl (C=O) groups is 2. The number of nitrogens with one attached hydrogen (secondary N) is 1. The van der Waals surface area contributed by atoms with Crippen LogP contribution in [0.4, 0.5) is 0 Å². The van der Waals surface area contributed by atoms with Crippen LogP contribution < -0.4 is 10.1 Å². The first-order valence-electron chi connectivity index (χ1n) is 9.70. The van der Waals surface area contributed by atoms with Gasteiger partial charge in [-0.3, -0.25) is 4.79 Å². The van der Waals surface area contributed by atoms with E-state index in [1.807, 2.05) is 51.1 Å². The maximum absolute atomic E-state index is 12.7. The number of hydrogen-bond acceptors (Lipinski definition) is 5. The van der Waals surface area contributed by atoms with Gasteiger partial charge in [0.1, 0.15) is 18.5 Å². The van der Waals surface area contributed by atoms with Crippen molar-refractivity contribution in [2.75, 3.05) is 20.3 Å². The largest absolute Gasteiger partial charge is 0.491 e. The fourth-order valence-electron chi connectivity index (χ4n) is 2.83. The normalized spacial score (nSPS) is 12.9. The van der Waals surface area contributed by atoms with Crippen molar-refractivity contribution < 1.29 is 23.8 Å². The average molecular weight is 399 g/mol. The van der Waals surface area contributed by atoms with E-state index in [0.29, 0.717) is 18.8 Å². The van der Waals surface area contributed by atoms with Gasteiger partial charge in [-0.15, -0.1) is 0 Å². The molecule has 0 aliphatic carbocycles. The van der Waals surface area contributed by atoms with Crippen LogP contribution in [0, 0.1) is 5.92 Å². The number of methoxy groups -OCH3 is 1. The summed E-state index contributed by atoms with van der Waals surface area (Å²) in [5, 5.41) is 2.98. The van der Waals surface area contributed by atoms with Crippen LogP contribution in [0.15, 0.2) is 54.6 Å². The Morgan fingerprint density at radius 3 is 2.17 bits per heavy atom. The van der Waals surface area contributed by atoms with Crippen molar-refractivity contribution in [3.8, 4) is 5.75 Å². The summed E-state index contributed by atoms with van der Waals surface area (Å²) in [7, 11) is 1.34. The summed E-state index contributed by atoms with van der Waals surface area (Å²) >= 11 is 0. The molecule has 2 unspecified atom stereocenters. The van der Waals surface area contributed by atoms with Crippen LogP contribution in [0.5, 0.6) is 5.75 Å². The molecule has 2 rings (SSSR count). The lowest BCUT2D eigenvalue weighted by molar-refractivity contribution is -0.136. The summed E-state index contributed by atoms with van der Waals surface area (Å²) in [6.45, 7) is 6.45. The molecule has 1 N–H and O–H groups in total. The average Bonchev–Trinajstić information content (AvgIpc) is 2.73. The van der Waals surface area contributed by atoms with Gasteiger partial charge in [0, 0.05) is 0 Å². The highest BCUT2D eigenvalue weighted by Gasteiger charge is 2.24. The fraction of sp³-hybridized carbons (Fsp3) is 0.391. The highest BCUT2D eigenvalue weighted by molar-refractivity contribution is 5.89. The number of amides is 1. The summed E-state index contributed by atoms with van der Waals surface area (Å²) in [5.74, 6) is 0.217. The molecule has 0 fully saturated rings. The summed E-state index contributed by atoms with van der Waals surface area (Å²) < 4.78 is 16.1. The third-order valence-corrected chi connectivity index (χ3v) is 4.45. The van der Waals surface area contributed by atoms with E-state index in [1.165, 1.54) is 7.11 Å². The predicted molar refractivity (Wildman–Crippen MR) is 111 cm³/mol. The number of rotatable bonds is 10. The van der Waals surface area contributed by atoms with E-state index in [0.717, 1.165) is 11.3 Å². The van der Waals surface area contributed by atoms with Gasteiger partial charge >= 0.3 is 5.97 Å². The molecule has 0 bridgehead atoms. The molecule has 156 valence electrons. The quantitative estimate of drug-likeness (QED) is 0.486. The van der Waals surface area contributed by atoms with E-state index in [-0.39, 0.29) is 23.8 Å². The molecule has 0 heterocycles. The Labute approximate surface area is 172 Å². The van der Waals surface area contributed by atoms with Crippen molar-refractivity contribution in [2.45, 2.75) is 32.9 Å².